The van der Waals surface area contributed by atoms with E-state index in [-0.39, 0.29) is 0 Å². The summed E-state index contributed by atoms with van der Waals surface area (Å²) in [4.78, 5) is 9.13. The Labute approximate surface area is 118 Å². The SMILES string of the molecule is CCCNC(c1cscn1)C1CCc2cccnc21. The molecule has 0 radical (unpaired) electrons. The predicted molar refractivity (Wildman–Crippen MR) is 78.4 cm³/mol. The quantitative estimate of drug-likeness (QED) is 0.908. The number of nitrogens with zero attached hydrogens (tertiary/aromatic N) is 2. The summed E-state index contributed by atoms with van der Waals surface area (Å²) < 4.78 is 0. The summed E-state index contributed by atoms with van der Waals surface area (Å²) in [5, 5.41) is 5.82. The smallest absolute Gasteiger partial charge is 0.0795 e. The number of hydrogen-bond acceptors (Lipinski definition) is 4. The molecule has 2 aromatic heterocycles. The fraction of sp³-hybridized carbons (Fsp3) is 0.467. The van der Waals surface area contributed by atoms with Crippen molar-refractivity contribution in [1.82, 2.24) is 15.3 Å². The van der Waals surface area contributed by atoms with Crippen LogP contribution < -0.4 is 5.32 Å². The standard InChI is InChI=1S/C15H19N3S/c1-2-7-16-15(13-9-19-10-18-13)12-6-5-11-4-3-8-17-14(11)12/h3-4,8-10,12,15-16H,2,5-7H2,1H3. The molecule has 0 fully saturated rings. The summed E-state index contributed by atoms with van der Waals surface area (Å²) in [7, 11) is 0. The molecular formula is C15H19N3S. The van der Waals surface area contributed by atoms with Gasteiger partial charge in [-0.3, -0.25) is 4.98 Å². The molecule has 3 rings (SSSR count). The van der Waals surface area contributed by atoms with Crippen LogP contribution in [-0.4, -0.2) is 16.5 Å². The van der Waals surface area contributed by atoms with Crippen molar-refractivity contribution in [3.05, 3.63) is 46.2 Å². The maximum atomic E-state index is 4.62. The molecule has 2 aromatic rings. The lowest BCUT2D eigenvalue weighted by Gasteiger charge is -2.23. The number of aryl methyl sites for hydroxylation is 1. The number of thiazole rings is 1. The normalized spacial score (nSPS) is 19.3. The van der Waals surface area contributed by atoms with Gasteiger partial charge in [-0.2, -0.15) is 0 Å². The molecule has 0 aromatic carbocycles. The van der Waals surface area contributed by atoms with Gasteiger partial charge in [0.2, 0.25) is 0 Å². The minimum atomic E-state index is 0.308. The summed E-state index contributed by atoms with van der Waals surface area (Å²) in [5.41, 5.74) is 5.77. The molecule has 1 N–H and O–H groups in total. The molecule has 0 saturated carbocycles. The predicted octanol–water partition coefficient (Wildman–Crippen LogP) is 3.31. The highest BCUT2D eigenvalue weighted by molar-refractivity contribution is 7.07. The number of fused-ring (bicyclic) bond motifs is 1. The topological polar surface area (TPSA) is 37.8 Å². The van der Waals surface area contributed by atoms with Crippen molar-refractivity contribution in [2.45, 2.75) is 38.1 Å². The van der Waals surface area contributed by atoms with E-state index < -0.39 is 0 Å². The average Bonchev–Trinajstić information content (AvgIpc) is 3.09. The first-order valence-corrected chi connectivity index (χ1v) is 7.89. The second-order valence-corrected chi connectivity index (χ2v) is 5.76. The lowest BCUT2D eigenvalue weighted by Crippen LogP contribution is -2.27. The summed E-state index contributed by atoms with van der Waals surface area (Å²) in [6, 6.07) is 4.56. The highest BCUT2D eigenvalue weighted by Crippen LogP contribution is 2.40. The van der Waals surface area contributed by atoms with Gasteiger partial charge in [-0.1, -0.05) is 13.0 Å². The van der Waals surface area contributed by atoms with Crippen molar-refractivity contribution < 1.29 is 0 Å². The summed E-state index contributed by atoms with van der Waals surface area (Å²) >= 11 is 1.67. The van der Waals surface area contributed by atoms with E-state index in [4.69, 9.17) is 0 Å². The molecule has 4 heteroatoms. The molecular weight excluding hydrogens is 254 g/mol. The molecule has 0 spiro atoms. The van der Waals surface area contributed by atoms with Crippen molar-refractivity contribution in [1.29, 1.82) is 0 Å². The molecule has 2 atom stereocenters. The lowest BCUT2D eigenvalue weighted by atomic mass is 9.94. The molecule has 0 bridgehead atoms. The van der Waals surface area contributed by atoms with E-state index in [1.165, 1.54) is 23.4 Å². The zero-order valence-corrected chi connectivity index (χ0v) is 12.0. The van der Waals surface area contributed by atoms with E-state index in [1.807, 2.05) is 17.8 Å². The Hall–Kier alpha value is -1.26. The third-order valence-electron chi connectivity index (χ3n) is 3.79. The van der Waals surface area contributed by atoms with Crippen LogP contribution in [0, 0.1) is 0 Å². The van der Waals surface area contributed by atoms with Gasteiger partial charge in [-0.15, -0.1) is 11.3 Å². The number of hydrogen-bond donors (Lipinski definition) is 1. The highest BCUT2D eigenvalue weighted by atomic mass is 32.1. The van der Waals surface area contributed by atoms with Crippen molar-refractivity contribution >= 4 is 11.3 Å². The van der Waals surface area contributed by atoms with E-state index >= 15 is 0 Å². The average molecular weight is 273 g/mol. The minimum Gasteiger partial charge on any atom is -0.308 e. The van der Waals surface area contributed by atoms with Crippen LogP contribution in [-0.2, 0) is 6.42 Å². The van der Waals surface area contributed by atoms with Crippen molar-refractivity contribution in [3.8, 4) is 0 Å². The van der Waals surface area contributed by atoms with Gasteiger partial charge in [0.15, 0.2) is 0 Å². The van der Waals surface area contributed by atoms with Crippen LogP contribution in [0.25, 0.3) is 0 Å². The summed E-state index contributed by atoms with van der Waals surface area (Å²) in [6.45, 7) is 3.23. The molecule has 2 heterocycles. The maximum absolute atomic E-state index is 4.62. The highest BCUT2D eigenvalue weighted by Gasteiger charge is 2.32. The monoisotopic (exact) mass is 273 g/mol. The van der Waals surface area contributed by atoms with E-state index in [9.17, 15) is 0 Å². The molecule has 100 valence electrons. The van der Waals surface area contributed by atoms with Crippen LogP contribution in [0.15, 0.2) is 29.2 Å². The Bertz CT molecular complexity index is 524. The van der Waals surface area contributed by atoms with Crippen molar-refractivity contribution in [2.75, 3.05) is 6.54 Å². The van der Waals surface area contributed by atoms with Gasteiger partial charge >= 0.3 is 0 Å². The van der Waals surface area contributed by atoms with Crippen LogP contribution in [0.4, 0.5) is 0 Å². The largest absolute Gasteiger partial charge is 0.308 e. The second-order valence-electron chi connectivity index (χ2n) is 5.04. The van der Waals surface area contributed by atoms with Gasteiger partial charge in [0.25, 0.3) is 0 Å². The first kappa shape index (κ1) is 12.8. The van der Waals surface area contributed by atoms with Gasteiger partial charge in [-0.05, 0) is 37.4 Å². The summed E-state index contributed by atoms with van der Waals surface area (Å²) in [5.74, 6) is 0.463. The first-order chi connectivity index (χ1) is 9.40. The number of rotatable bonds is 5. The van der Waals surface area contributed by atoms with E-state index in [0.717, 1.165) is 19.4 Å². The Morgan fingerprint density at radius 1 is 1.47 bits per heavy atom. The lowest BCUT2D eigenvalue weighted by molar-refractivity contribution is 0.430. The third kappa shape index (κ3) is 2.55. The van der Waals surface area contributed by atoms with E-state index in [0.29, 0.717) is 12.0 Å². The molecule has 1 aliphatic carbocycles. The fourth-order valence-electron chi connectivity index (χ4n) is 2.90. The van der Waals surface area contributed by atoms with Gasteiger partial charge in [-0.25, -0.2) is 4.98 Å². The van der Waals surface area contributed by atoms with Crippen molar-refractivity contribution in [2.24, 2.45) is 0 Å². The van der Waals surface area contributed by atoms with E-state index in [2.05, 4.69) is 33.7 Å². The Kier molecular flexibility index (Phi) is 3.89. The summed E-state index contributed by atoms with van der Waals surface area (Å²) in [6.07, 6.45) is 5.37. The minimum absolute atomic E-state index is 0.308. The zero-order chi connectivity index (χ0) is 13.1. The first-order valence-electron chi connectivity index (χ1n) is 6.95. The van der Waals surface area contributed by atoms with Gasteiger partial charge in [0, 0.05) is 23.2 Å². The second kappa shape index (κ2) is 5.80. The molecule has 3 nitrogen and oxygen atoms in total. The van der Waals surface area contributed by atoms with Crippen LogP contribution in [0.5, 0.6) is 0 Å². The number of pyridine rings is 1. The number of nitrogens with one attached hydrogen (secondary N) is 1. The molecule has 19 heavy (non-hydrogen) atoms. The van der Waals surface area contributed by atoms with Gasteiger partial charge in [0.05, 0.1) is 17.2 Å². The fourth-order valence-corrected chi connectivity index (χ4v) is 3.49. The van der Waals surface area contributed by atoms with Crippen LogP contribution in [0.1, 0.15) is 48.7 Å². The molecule has 2 unspecified atom stereocenters. The molecule has 1 aliphatic rings. The van der Waals surface area contributed by atoms with E-state index in [1.54, 1.807) is 11.3 Å². The van der Waals surface area contributed by atoms with Crippen LogP contribution in [0.3, 0.4) is 0 Å². The Morgan fingerprint density at radius 2 is 2.42 bits per heavy atom. The zero-order valence-electron chi connectivity index (χ0n) is 11.2. The molecule has 0 saturated heterocycles. The Morgan fingerprint density at radius 3 is 3.21 bits per heavy atom. The number of aromatic nitrogens is 2. The van der Waals surface area contributed by atoms with Crippen LogP contribution in [0.2, 0.25) is 0 Å². The van der Waals surface area contributed by atoms with Gasteiger partial charge < -0.3 is 5.32 Å². The third-order valence-corrected chi connectivity index (χ3v) is 4.39. The van der Waals surface area contributed by atoms with Crippen LogP contribution >= 0.6 is 11.3 Å². The Balaban J connectivity index is 1.89. The maximum Gasteiger partial charge on any atom is 0.0795 e. The molecule has 0 amide bonds. The molecule has 0 aliphatic heterocycles. The van der Waals surface area contributed by atoms with Crippen molar-refractivity contribution in [3.63, 3.8) is 0 Å². The van der Waals surface area contributed by atoms with Gasteiger partial charge in [0.1, 0.15) is 0 Å².